The molecule has 2 aromatic heterocycles. The first kappa shape index (κ1) is 13.2. The number of hydrogen-bond acceptors (Lipinski definition) is 3. The van der Waals surface area contributed by atoms with Gasteiger partial charge in [-0.25, -0.2) is 0 Å². The molecule has 1 aromatic carbocycles. The molecule has 0 saturated heterocycles. The molecule has 0 unspecified atom stereocenters. The molecule has 2 heterocycles. The van der Waals surface area contributed by atoms with E-state index in [1.807, 2.05) is 34.3 Å². The highest BCUT2D eigenvalue weighted by molar-refractivity contribution is 7.17. The van der Waals surface area contributed by atoms with E-state index >= 15 is 0 Å². The first-order valence-corrected chi connectivity index (χ1v) is 7.45. The third-order valence-electron chi connectivity index (χ3n) is 3.00. The van der Waals surface area contributed by atoms with Crippen LogP contribution < -0.4 is 10.2 Å². The van der Waals surface area contributed by atoms with Crippen LogP contribution in [0.3, 0.4) is 0 Å². The van der Waals surface area contributed by atoms with E-state index in [9.17, 15) is 4.79 Å². The molecule has 20 heavy (non-hydrogen) atoms. The van der Waals surface area contributed by atoms with Crippen molar-refractivity contribution in [1.29, 1.82) is 0 Å². The second-order valence-electron chi connectivity index (χ2n) is 4.31. The van der Waals surface area contributed by atoms with E-state index in [0.29, 0.717) is 18.2 Å². The maximum atomic E-state index is 11.7. The number of benzene rings is 1. The summed E-state index contributed by atoms with van der Waals surface area (Å²) in [5, 5.41) is 2.63. The number of rotatable bonds is 4. The molecule has 0 N–H and O–H groups in total. The Bertz CT molecular complexity index is 776. The summed E-state index contributed by atoms with van der Waals surface area (Å²) in [6.07, 6.45) is 1.81. The molecule has 0 bridgehead atoms. The number of fused-ring (bicyclic) bond motifs is 1. The maximum Gasteiger partial charge on any atom is 0.199 e. The van der Waals surface area contributed by atoms with Crippen molar-refractivity contribution in [2.75, 3.05) is 6.61 Å². The van der Waals surface area contributed by atoms with Crippen molar-refractivity contribution >= 4 is 33.2 Å². The number of nitrogens with zero attached hydrogens (tertiary/aromatic N) is 1. The van der Waals surface area contributed by atoms with Crippen molar-refractivity contribution in [2.45, 2.75) is 6.54 Å². The third-order valence-corrected chi connectivity index (χ3v) is 4.17. The number of thiophene rings is 1. The first-order valence-electron chi connectivity index (χ1n) is 6.19. The molecule has 0 saturated carbocycles. The van der Waals surface area contributed by atoms with Gasteiger partial charge in [-0.3, -0.25) is 4.79 Å². The summed E-state index contributed by atoms with van der Waals surface area (Å²) >= 11 is 7.29. The molecule has 3 rings (SSSR count). The zero-order valence-electron chi connectivity index (χ0n) is 10.6. The Labute approximate surface area is 125 Å². The molecular formula is C15H12ClNO2S. The second-order valence-corrected chi connectivity index (χ2v) is 5.66. The lowest BCUT2D eigenvalue weighted by atomic mass is 10.3. The van der Waals surface area contributed by atoms with Gasteiger partial charge in [0, 0.05) is 17.3 Å². The fourth-order valence-corrected chi connectivity index (χ4v) is 2.96. The third kappa shape index (κ3) is 2.71. The molecule has 0 aliphatic carbocycles. The lowest BCUT2D eigenvalue weighted by Gasteiger charge is -2.10. The van der Waals surface area contributed by atoms with Gasteiger partial charge in [0.1, 0.15) is 12.4 Å². The molecule has 3 nitrogen and oxygen atoms in total. The highest BCUT2D eigenvalue weighted by Gasteiger charge is 2.03. The summed E-state index contributed by atoms with van der Waals surface area (Å²) in [6, 6.07) is 10.8. The normalized spacial score (nSPS) is 10.8. The summed E-state index contributed by atoms with van der Waals surface area (Å²) < 4.78 is 8.49. The summed E-state index contributed by atoms with van der Waals surface area (Å²) in [5.74, 6) is 0.789. The lowest BCUT2D eigenvalue weighted by molar-refractivity contribution is 0.300. The number of halogens is 1. The fourth-order valence-electron chi connectivity index (χ4n) is 2.01. The van der Waals surface area contributed by atoms with E-state index in [2.05, 4.69) is 0 Å². The number of pyridine rings is 1. The molecule has 0 fully saturated rings. The average Bonchev–Trinajstić information content (AvgIpc) is 2.94. The molecule has 5 heteroatoms. The molecule has 0 spiro atoms. The van der Waals surface area contributed by atoms with Crippen molar-refractivity contribution < 1.29 is 4.74 Å². The first-order chi connectivity index (χ1) is 9.74. The Morgan fingerprint density at radius 1 is 1.15 bits per heavy atom. The molecule has 102 valence electrons. The van der Waals surface area contributed by atoms with Crippen LogP contribution >= 0.6 is 22.9 Å². The number of hydrogen-bond donors (Lipinski definition) is 0. The molecule has 0 atom stereocenters. The van der Waals surface area contributed by atoms with Crippen molar-refractivity contribution in [3.05, 3.63) is 63.2 Å². The maximum absolute atomic E-state index is 11.7. The van der Waals surface area contributed by atoms with Gasteiger partial charge < -0.3 is 9.30 Å². The fraction of sp³-hybridized carbons (Fsp3) is 0.133. The highest BCUT2D eigenvalue weighted by Crippen LogP contribution is 2.18. The van der Waals surface area contributed by atoms with Crippen LogP contribution in [0.1, 0.15) is 0 Å². The minimum Gasteiger partial charge on any atom is -0.492 e. The van der Waals surface area contributed by atoms with Gasteiger partial charge in [-0.05, 0) is 35.7 Å². The van der Waals surface area contributed by atoms with E-state index in [0.717, 1.165) is 16.0 Å². The predicted molar refractivity (Wildman–Crippen MR) is 83.0 cm³/mol. The summed E-state index contributed by atoms with van der Waals surface area (Å²) in [7, 11) is 0. The van der Waals surface area contributed by atoms with Gasteiger partial charge in [0.15, 0.2) is 5.43 Å². The van der Waals surface area contributed by atoms with Crippen molar-refractivity contribution in [3.63, 3.8) is 0 Å². The van der Waals surface area contributed by atoms with Crippen LogP contribution in [0.4, 0.5) is 0 Å². The highest BCUT2D eigenvalue weighted by atomic mass is 35.5. The standard InChI is InChI=1S/C15H12ClNO2S/c16-11-1-3-12(4-2-11)19-9-8-17-7-5-14(18)15-13(17)6-10-20-15/h1-7,10H,8-9H2. The number of ether oxygens (including phenoxy) is 1. The minimum atomic E-state index is 0.0740. The molecule has 0 aliphatic heterocycles. The smallest absolute Gasteiger partial charge is 0.199 e. The van der Waals surface area contributed by atoms with E-state index in [1.54, 1.807) is 18.2 Å². The molecule has 3 aromatic rings. The molecular weight excluding hydrogens is 294 g/mol. The molecule has 0 amide bonds. The SMILES string of the molecule is O=c1ccn(CCOc2ccc(Cl)cc2)c2ccsc12. The van der Waals surface area contributed by atoms with Crippen LogP contribution in [0.25, 0.3) is 10.2 Å². The van der Waals surface area contributed by atoms with Crippen molar-refractivity contribution in [1.82, 2.24) is 4.57 Å². The van der Waals surface area contributed by atoms with Gasteiger partial charge in [-0.2, -0.15) is 0 Å². The largest absolute Gasteiger partial charge is 0.492 e. The van der Waals surface area contributed by atoms with E-state index in [-0.39, 0.29) is 5.43 Å². The Balaban J connectivity index is 1.71. The van der Waals surface area contributed by atoms with Gasteiger partial charge in [0.2, 0.25) is 0 Å². The number of aromatic nitrogens is 1. The van der Waals surface area contributed by atoms with Gasteiger partial charge in [-0.1, -0.05) is 11.6 Å². The van der Waals surface area contributed by atoms with Crippen LogP contribution in [0.5, 0.6) is 5.75 Å². The van der Waals surface area contributed by atoms with Crippen molar-refractivity contribution in [3.8, 4) is 5.75 Å². The van der Waals surface area contributed by atoms with Gasteiger partial charge in [0.25, 0.3) is 0 Å². The minimum absolute atomic E-state index is 0.0740. The Hall–Kier alpha value is -1.78. The lowest BCUT2D eigenvalue weighted by Crippen LogP contribution is -2.11. The molecule has 0 radical (unpaired) electrons. The van der Waals surface area contributed by atoms with E-state index in [4.69, 9.17) is 16.3 Å². The van der Waals surface area contributed by atoms with Crippen LogP contribution in [0.2, 0.25) is 5.02 Å². The van der Waals surface area contributed by atoms with Crippen LogP contribution in [-0.2, 0) is 6.54 Å². The summed E-state index contributed by atoms with van der Waals surface area (Å²) in [6.45, 7) is 1.23. The van der Waals surface area contributed by atoms with Crippen LogP contribution in [0, 0.1) is 0 Å². The molecule has 0 aliphatic rings. The topological polar surface area (TPSA) is 31.2 Å². The summed E-state index contributed by atoms with van der Waals surface area (Å²) in [4.78, 5) is 11.7. The second kappa shape index (κ2) is 5.69. The van der Waals surface area contributed by atoms with Crippen molar-refractivity contribution in [2.24, 2.45) is 0 Å². The van der Waals surface area contributed by atoms with E-state index in [1.165, 1.54) is 11.3 Å². The van der Waals surface area contributed by atoms with Gasteiger partial charge in [-0.15, -0.1) is 11.3 Å². The average molecular weight is 306 g/mol. The predicted octanol–water partition coefficient (Wildman–Crippen LogP) is 3.80. The van der Waals surface area contributed by atoms with Crippen LogP contribution in [0.15, 0.2) is 52.8 Å². The Morgan fingerprint density at radius 2 is 1.95 bits per heavy atom. The van der Waals surface area contributed by atoms with Crippen LogP contribution in [-0.4, -0.2) is 11.2 Å². The zero-order valence-corrected chi connectivity index (χ0v) is 12.2. The van der Waals surface area contributed by atoms with Gasteiger partial charge in [0.05, 0.1) is 16.8 Å². The monoisotopic (exact) mass is 305 g/mol. The van der Waals surface area contributed by atoms with Gasteiger partial charge >= 0.3 is 0 Å². The Morgan fingerprint density at radius 3 is 2.75 bits per heavy atom. The Kier molecular flexibility index (Phi) is 3.76. The zero-order chi connectivity index (χ0) is 13.9. The quantitative estimate of drug-likeness (QED) is 0.734. The van der Waals surface area contributed by atoms with E-state index < -0.39 is 0 Å². The summed E-state index contributed by atoms with van der Waals surface area (Å²) in [5.41, 5.74) is 1.03.